The van der Waals surface area contributed by atoms with Gasteiger partial charge in [0.1, 0.15) is 0 Å². The monoisotopic (exact) mass is 180 g/mol. The first-order chi connectivity index (χ1) is 6.27. The van der Waals surface area contributed by atoms with E-state index in [-0.39, 0.29) is 0 Å². The molecule has 1 N–H and O–H groups in total. The molecule has 1 heterocycles. The third kappa shape index (κ3) is 3.45. The zero-order valence-electron chi connectivity index (χ0n) is 9.31. The normalized spacial score (nSPS) is 8.69. The number of nitrogens with zero attached hydrogens (tertiary/aromatic N) is 1. The van der Waals surface area contributed by atoms with E-state index in [9.17, 15) is 0 Å². The van der Waals surface area contributed by atoms with Crippen LogP contribution in [-0.2, 0) is 6.42 Å². The molecule has 0 aliphatic carbocycles. The topological polar surface area (TPSA) is 24.9 Å². The number of anilines is 1. The average Bonchev–Trinajstić information content (AvgIpc) is 2.20. The summed E-state index contributed by atoms with van der Waals surface area (Å²) in [7, 11) is 1.90. The van der Waals surface area contributed by atoms with Crippen molar-refractivity contribution in [2.75, 3.05) is 12.4 Å². The van der Waals surface area contributed by atoms with Gasteiger partial charge in [0.05, 0.1) is 11.9 Å². The Labute approximate surface area is 81.4 Å². The lowest BCUT2D eigenvalue weighted by molar-refractivity contribution is 1.01. The van der Waals surface area contributed by atoms with Crippen molar-refractivity contribution in [1.82, 2.24) is 4.98 Å². The van der Waals surface area contributed by atoms with Crippen LogP contribution < -0.4 is 5.32 Å². The predicted molar refractivity (Wildman–Crippen MR) is 59.2 cm³/mol. The molecule has 0 fully saturated rings. The van der Waals surface area contributed by atoms with Gasteiger partial charge in [-0.25, -0.2) is 0 Å². The highest BCUT2D eigenvalue weighted by Crippen LogP contribution is 2.11. The molecule has 0 aliphatic rings. The number of aryl methyl sites for hydroxylation is 2. The van der Waals surface area contributed by atoms with Crippen molar-refractivity contribution < 1.29 is 0 Å². The zero-order valence-corrected chi connectivity index (χ0v) is 9.31. The van der Waals surface area contributed by atoms with Crippen LogP contribution in [0, 0.1) is 6.92 Å². The van der Waals surface area contributed by atoms with Gasteiger partial charge in [-0.1, -0.05) is 20.8 Å². The van der Waals surface area contributed by atoms with Crippen LogP contribution in [0.4, 0.5) is 5.69 Å². The van der Waals surface area contributed by atoms with Crippen molar-refractivity contribution in [2.24, 2.45) is 0 Å². The van der Waals surface area contributed by atoms with Gasteiger partial charge in [0, 0.05) is 12.7 Å². The van der Waals surface area contributed by atoms with Gasteiger partial charge in [-0.05, 0) is 25.0 Å². The lowest BCUT2D eigenvalue weighted by Crippen LogP contribution is -1.95. The van der Waals surface area contributed by atoms with Crippen LogP contribution in [0.1, 0.15) is 32.0 Å². The first-order valence-corrected chi connectivity index (χ1v) is 4.91. The summed E-state index contributed by atoms with van der Waals surface area (Å²) < 4.78 is 0. The Balaban J connectivity index is 0.000000671. The molecule has 0 spiro atoms. The molecule has 0 saturated carbocycles. The first kappa shape index (κ1) is 11.9. The molecule has 74 valence electrons. The summed E-state index contributed by atoms with van der Waals surface area (Å²) in [6.07, 6.45) is 2.88. The van der Waals surface area contributed by atoms with Crippen LogP contribution in [0.25, 0.3) is 0 Å². The minimum absolute atomic E-state index is 1.01. The zero-order chi connectivity index (χ0) is 10.3. The van der Waals surface area contributed by atoms with E-state index in [1.165, 1.54) is 11.3 Å². The van der Waals surface area contributed by atoms with E-state index in [1.54, 1.807) is 0 Å². The van der Waals surface area contributed by atoms with Crippen molar-refractivity contribution in [3.05, 3.63) is 23.5 Å². The molecule has 0 bridgehead atoms. The minimum atomic E-state index is 1.01. The van der Waals surface area contributed by atoms with Crippen LogP contribution >= 0.6 is 0 Å². The van der Waals surface area contributed by atoms with Crippen molar-refractivity contribution in [1.29, 1.82) is 0 Å². The standard InChI is InChI=1S/C9H14N2.C2H6/c1-4-9-7(2)5-8(10-3)6-11-9;1-2/h5-6,10H,4H2,1-3H3;1-2H3. The molecule has 0 unspecified atom stereocenters. The summed E-state index contributed by atoms with van der Waals surface area (Å²) in [6, 6.07) is 2.12. The lowest BCUT2D eigenvalue weighted by atomic mass is 10.2. The van der Waals surface area contributed by atoms with Gasteiger partial charge >= 0.3 is 0 Å². The Morgan fingerprint density at radius 2 is 2.00 bits per heavy atom. The van der Waals surface area contributed by atoms with Crippen LogP contribution in [0.2, 0.25) is 0 Å². The van der Waals surface area contributed by atoms with Crippen molar-refractivity contribution >= 4 is 5.69 Å². The molecule has 1 aromatic heterocycles. The molecule has 0 atom stereocenters. The van der Waals surface area contributed by atoms with E-state index in [4.69, 9.17) is 0 Å². The molecule has 0 saturated heterocycles. The summed E-state index contributed by atoms with van der Waals surface area (Å²) in [5.74, 6) is 0. The number of hydrogen-bond acceptors (Lipinski definition) is 2. The number of nitrogens with one attached hydrogen (secondary N) is 1. The number of hydrogen-bond donors (Lipinski definition) is 1. The Kier molecular flexibility index (Phi) is 5.94. The van der Waals surface area contributed by atoms with Gasteiger partial charge in [-0.2, -0.15) is 0 Å². The van der Waals surface area contributed by atoms with Crippen LogP contribution in [0.5, 0.6) is 0 Å². The number of pyridine rings is 1. The lowest BCUT2D eigenvalue weighted by Gasteiger charge is -2.04. The molecule has 13 heavy (non-hydrogen) atoms. The van der Waals surface area contributed by atoms with Crippen molar-refractivity contribution in [3.8, 4) is 0 Å². The smallest absolute Gasteiger partial charge is 0.0527 e. The molecular weight excluding hydrogens is 160 g/mol. The highest BCUT2D eigenvalue weighted by Gasteiger charge is 1.96. The molecule has 0 amide bonds. The number of aromatic nitrogens is 1. The second-order valence-corrected chi connectivity index (χ2v) is 2.59. The summed E-state index contributed by atoms with van der Waals surface area (Å²) in [5.41, 5.74) is 3.53. The molecule has 2 heteroatoms. The van der Waals surface area contributed by atoms with Gasteiger partial charge in [-0.3, -0.25) is 4.98 Å². The van der Waals surface area contributed by atoms with Crippen LogP contribution in [-0.4, -0.2) is 12.0 Å². The van der Waals surface area contributed by atoms with E-state index in [1.807, 2.05) is 27.1 Å². The second-order valence-electron chi connectivity index (χ2n) is 2.59. The van der Waals surface area contributed by atoms with E-state index >= 15 is 0 Å². The summed E-state index contributed by atoms with van der Waals surface area (Å²) >= 11 is 0. The summed E-state index contributed by atoms with van der Waals surface area (Å²) in [5, 5.41) is 3.06. The Hall–Kier alpha value is -1.05. The Bertz CT molecular complexity index is 244. The first-order valence-electron chi connectivity index (χ1n) is 4.91. The molecule has 1 rings (SSSR count). The third-order valence-electron chi connectivity index (χ3n) is 1.81. The highest BCUT2D eigenvalue weighted by atomic mass is 14.8. The maximum atomic E-state index is 4.31. The third-order valence-corrected chi connectivity index (χ3v) is 1.81. The molecule has 0 radical (unpaired) electrons. The van der Waals surface area contributed by atoms with Crippen LogP contribution in [0.3, 0.4) is 0 Å². The van der Waals surface area contributed by atoms with Gasteiger partial charge in [-0.15, -0.1) is 0 Å². The summed E-state index contributed by atoms with van der Waals surface area (Å²) in [4.78, 5) is 4.31. The fourth-order valence-electron chi connectivity index (χ4n) is 1.11. The van der Waals surface area contributed by atoms with E-state index in [0.717, 1.165) is 12.1 Å². The van der Waals surface area contributed by atoms with E-state index < -0.39 is 0 Å². The predicted octanol–water partition coefficient (Wildman–Crippen LogP) is 3.02. The second kappa shape index (κ2) is 6.46. The number of rotatable bonds is 2. The summed E-state index contributed by atoms with van der Waals surface area (Å²) in [6.45, 7) is 8.21. The minimum Gasteiger partial charge on any atom is -0.387 e. The quantitative estimate of drug-likeness (QED) is 0.756. The molecule has 2 nitrogen and oxygen atoms in total. The van der Waals surface area contributed by atoms with Crippen molar-refractivity contribution in [2.45, 2.75) is 34.1 Å². The Morgan fingerprint density at radius 3 is 2.38 bits per heavy atom. The fraction of sp³-hybridized carbons (Fsp3) is 0.545. The Morgan fingerprint density at radius 1 is 1.38 bits per heavy atom. The molecular formula is C11H20N2. The molecule has 1 aromatic rings. The van der Waals surface area contributed by atoms with Gasteiger partial charge in [0.25, 0.3) is 0 Å². The van der Waals surface area contributed by atoms with E-state index in [0.29, 0.717) is 0 Å². The van der Waals surface area contributed by atoms with Gasteiger partial charge < -0.3 is 5.32 Å². The fourth-order valence-corrected chi connectivity index (χ4v) is 1.11. The van der Waals surface area contributed by atoms with Crippen LogP contribution in [0.15, 0.2) is 12.3 Å². The largest absolute Gasteiger partial charge is 0.387 e. The maximum Gasteiger partial charge on any atom is 0.0527 e. The maximum absolute atomic E-state index is 4.31. The van der Waals surface area contributed by atoms with Crippen molar-refractivity contribution in [3.63, 3.8) is 0 Å². The molecule has 0 aromatic carbocycles. The van der Waals surface area contributed by atoms with Gasteiger partial charge in [0.15, 0.2) is 0 Å². The highest BCUT2D eigenvalue weighted by molar-refractivity contribution is 5.43. The average molecular weight is 180 g/mol. The SMILES string of the molecule is CC.CCc1ncc(NC)cc1C. The van der Waals surface area contributed by atoms with Gasteiger partial charge in [0.2, 0.25) is 0 Å². The molecule has 0 aliphatic heterocycles. The van der Waals surface area contributed by atoms with E-state index in [2.05, 4.69) is 30.2 Å².